The first-order valence-electron chi connectivity index (χ1n) is 7.75. The van der Waals surface area contributed by atoms with Crippen LogP contribution in [0.5, 0.6) is 0 Å². The van der Waals surface area contributed by atoms with Gasteiger partial charge >= 0.3 is 6.18 Å². The van der Waals surface area contributed by atoms with Crippen molar-refractivity contribution < 1.29 is 13.2 Å². The van der Waals surface area contributed by atoms with Crippen LogP contribution in [0.25, 0.3) is 0 Å². The Morgan fingerprint density at radius 3 is 2.40 bits per heavy atom. The molecular weight excluding hydrogens is 265 g/mol. The summed E-state index contributed by atoms with van der Waals surface area (Å²) in [5.74, 6) is 1.24. The van der Waals surface area contributed by atoms with Crippen molar-refractivity contribution in [2.24, 2.45) is 11.8 Å². The highest BCUT2D eigenvalue weighted by Gasteiger charge is 2.35. The van der Waals surface area contributed by atoms with Crippen molar-refractivity contribution in [1.29, 1.82) is 0 Å². The Bertz CT molecular complexity index is 279. The van der Waals surface area contributed by atoms with Crippen LogP contribution in [0.2, 0.25) is 0 Å². The van der Waals surface area contributed by atoms with E-state index in [-0.39, 0.29) is 12.6 Å². The molecule has 0 aromatic heterocycles. The fourth-order valence-electron chi connectivity index (χ4n) is 3.24. The Balaban J connectivity index is 2.62. The zero-order valence-corrected chi connectivity index (χ0v) is 13.1. The second-order valence-corrected chi connectivity index (χ2v) is 6.39. The maximum atomic E-state index is 12.4. The predicted molar refractivity (Wildman–Crippen MR) is 76.7 cm³/mol. The van der Waals surface area contributed by atoms with Gasteiger partial charge in [0.05, 0.1) is 6.42 Å². The lowest BCUT2D eigenvalue weighted by Crippen LogP contribution is -2.53. The van der Waals surface area contributed by atoms with Crippen molar-refractivity contribution in [2.75, 3.05) is 20.1 Å². The average molecular weight is 294 g/mol. The summed E-state index contributed by atoms with van der Waals surface area (Å²) in [5, 5.41) is 3.45. The Morgan fingerprint density at radius 1 is 1.25 bits per heavy atom. The molecule has 0 aliphatic heterocycles. The van der Waals surface area contributed by atoms with Crippen LogP contribution in [0.4, 0.5) is 13.2 Å². The molecule has 1 rings (SSSR count). The summed E-state index contributed by atoms with van der Waals surface area (Å²) >= 11 is 0. The minimum Gasteiger partial charge on any atom is -0.313 e. The highest BCUT2D eigenvalue weighted by atomic mass is 19.4. The van der Waals surface area contributed by atoms with E-state index >= 15 is 0 Å². The van der Waals surface area contributed by atoms with Gasteiger partial charge in [-0.1, -0.05) is 20.8 Å². The molecule has 20 heavy (non-hydrogen) atoms. The van der Waals surface area contributed by atoms with E-state index in [4.69, 9.17) is 0 Å². The van der Waals surface area contributed by atoms with E-state index in [1.165, 1.54) is 6.42 Å². The summed E-state index contributed by atoms with van der Waals surface area (Å²) in [6.45, 7) is 7.46. The van der Waals surface area contributed by atoms with Gasteiger partial charge in [-0.3, -0.25) is 0 Å². The third kappa shape index (κ3) is 5.60. The lowest BCUT2D eigenvalue weighted by molar-refractivity contribution is -0.139. The largest absolute Gasteiger partial charge is 0.390 e. The Kier molecular flexibility index (Phi) is 6.79. The predicted octanol–water partition coefficient (Wildman–Crippen LogP) is 3.67. The molecule has 120 valence electrons. The van der Waals surface area contributed by atoms with Crippen LogP contribution in [-0.2, 0) is 0 Å². The molecule has 1 aliphatic rings. The monoisotopic (exact) mass is 294 g/mol. The van der Waals surface area contributed by atoms with Gasteiger partial charge in [0.15, 0.2) is 0 Å². The first-order valence-corrected chi connectivity index (χ1v) is 7.75. The van der Waals surface area contributed by atoms with Crippen molar-refractivity contribution in [3.8, 4) is 0 Å². The molecule has 0 bridgehead atoms. The number of hydrogen-bond acceptors (Lipinski definition) is 2. The Labute approximate surface area is 121 Å². The van der Waals surface area contributed by atoms with E-state index in [1.807, 2.05) is 11.9 Å². The molecule has 3 atom stereocenters. The topological polar surface area (TPSA) is 15.3 Å². The van der Waals surface area contributed by atoms with Gasteiger partial charge in [-0.25, -0.2) is 0 Å². The number of nitrogens with zero attached hydrogens (tertiary/aromatic N) is 1. The van der Waals surface area contributed by atoms with Crippen molar-refractivity contribution in [1.82, 2.24) is 10.2 Å². The fraction of sp³-hybridized carbons (Fsp3) is 1.00. The molecule has 0 amide bonds. The van der Waals surface area contributed by atoms with Gasteiger partial charge < -0.3 is 10.2 Å². The second kappa shape index (κ2) is 7.64. The van der Waals surface area contributed by atoms with Gasteiger partial charge in [0.2, 0.25) is 0 Å². The first kappa shape index (κ1) is 17.8. The number of hydrogen-bond donors (Lipinski definition) is 1. The highest BCUT2D eigenvalue weighted by Crippen LogP contribution is 2.33. The summed E-state index contributed by atoms with van der Waals surface area (Å²) in [5.41, 5.74) is 0. The summed E-state index contributed by atoms with van der Waals surface area (Å²) in [7, 11) is 1.84. The number of halogens is 3. The quantitative estimate of drug-likeness (QED) is 0.804. The molecule has 0 spiro atoms. The van der Waals surface area contributed by atoms with Crippen molar-refractivity contribution in [3.63, 3.8) is 0 Å². The van der Waals surface area contributed by atoms with Crippen molar-refractivity contribution >= 4 is 0 Å². The van der Waals surface area contributed by atoms with Crippen LogP contribution in [0, 0.1) is 11.8 Å². The molecule has 0 radical (unpaired) electrons. The van der Waals surface area contributed by atoms with Crippen LogP contribution in [0.1, 0.15) is 46.5 Å². The third-order valence-electron chi connectivity index (χ3n) is 4.58. The molecule has 0 aromatic rings. The minimum atomic E-state index is -4.06. The van der Waals surface area contributed by atoms with Crippen LogP contribution >= 0.6 is 0 Å². The number of likely N-dealkylation sites (N-methyl/N-ethyl adjacent to an activating group) is 2. The maximum absolute atomic E-state index is 12.4. The van der Waals surface area contributed by atoms with Crippen LogP contribution in [0.3, 0.4) is 0 Å². The van der Waals surface area contributed by atoms with Gasteiger partial charge in [0.25, 0.3) is 0 Å². The van der Waals surface area contributed by atoms with Crippen LogP contribution < -0.4 is 5.32 Å². The van der Waals surface area contributed by atoms with Gasteiger partial charge in [-0.2, -0.15) is 13.2 Å². The number of nitrogens with one attached hydrogen (secondary N) is 1. The van der Waals surface area contributed by atoms with Crippen LogP contribution in [0.15, 0.2) is 0 Å². The summed E-state index contributed by atoms with van der Waals surface area (Å²) in [6.07, 6.45) is -1.53. The lowest BCUT2D eigenvalue weighted by atomic mass is 9.76. The molecule has 5 heteroatoms. The number of alkyl halides is 3. The maximum Gasteiger partial charge on any atom is 0.390 e. The minimum absolute atomic E-state index is 0.0981. The van der Waals surface area contributed by atoms with E-state index < -0.39 is 12.6 Å². The highest BCUT2D eigenvalue weighted by molar-refractivity contribution is 4.91. The molecular formula is C15H29F3N2. The molecule has 1 N–H and O–H groups in total. The summed E-state index contributed by atoms with van der Waals surface area (Å²) in [4.78, 5) is 1.91. The first-order chi connectivity index (χ1) is 9.24. The van der Waals surface area contributed by atoms with E-state index in [0.29, 0.717) is 17.9 Å². The van der Waals surface area contributed by atoms with Crippen molar-refractivity contribution in [3.05, 3.63) is 0 Å². The van der Waals surface area contributed by atoms with Gasteiger partial charge in [-0.15, -0.1) is 0 Å². The van der Waals surface area contributed by atoms with E-state index in [0.717, 1.165) is 19.4 Å². The molecule has 2 nitrogen and oxygen atoms in total. The summed E-state index contributed by atoms with van der Waals surface area (Å²) < 4.78 is 37.2. The summed E-state index contributed by atoms with van der Waals surface area (Å²) in [6, 6.07) is 0.548. The van der Waals surface area contributed by atoms with Gasteiger partial charge in [-0.05, 0) is 44.7 Å². The third-order valence-corrected chi connectivity index (χ3v) is 4.58. The Hall–Kier alpha value is -0.290. The zero-order valence-electron chi connectivity index (χ0n) is 13.1. The van der Waals surface area contributed by atoms with Crippen molar-refractivity contribution in [2.45, 2.75) is 64.7 Å². The van der Waals surface area contributed by atoms with E-state index in [9.17, 15) is 13.2 Å². The SMILES string of the molecule is CCNC1CCC(C(C)C)CC1N(C)CCC(F)(F)F. The number of rotatable bonds is 6. The van der Waals surface area contributed by atoms with Gasteiger partial charge in [0, 0.05) is 18.6 Å². The molecule has 0 saturated heterocycles. The normalized spacial score (nSPS) is 28.4. The fourth-order valence-corrected chi connectivity index (χ4v) is 3.24. The van der Waals surface area contributed by atoms with Gasteiger partial charge in [0.1, 0.15) is 0 Å². The molecule has 0 aromatic carbocycles. The van der Waals surface area contributed by atoms with E-state index in [1.54, 1.807) is 0 Å². The molecule has 1 saturated carbocycles. The molecule has 1 fully saturated rings. The smallest absolute Gasteiger partial charge is 0.313 e. The second-order valence-electron chi connectivity index (χ2n) is 6.39. The van der Waals surface area contributed by atoms with Crippen LogP contribution in [-0.4, -0.2) is 43.3 Å². The molecule has 1 aliphatic carbocycles. The Morgan fingerprint density at radius 2 is 1.90 bits per heavy atom. The molecule has 3 unspecified atom stereocenters. The standard InChI is InChI=1S/C15H29F3N2/c1-5-19-13-7-6-12(11(2)3)10-14(13)20(4)9-8-15(16,17)18/h11-14,19H,5-10H2,1-4H3. The molecule has 0 heterocycles. The lowest BCUT2D eigenvalue weighted by Gasteiger charge is -2.43. The average Bonchev–Trinajstić information content (AvgIpc) is 2.35. The zero-order chi connectivity index (χ0) is 15.3. The van der Waals surface area contributed by atoms with E-state index in [2.05, 4.69) is 26.1 Å².